The molecular formula is C48H31NS. The second-order valence-corrected chi connectivity index (χ2v) is 13.9. The molecule has 10 aromatic rings. The van der Waals surface area contributed by atoms with Crippen molar-refractivity contribution < 1.29 is 0 Å². The number of benzene rings is 9. The highest BCUT2D eigenvalue weighted by atomic mass is 32.1. The second-order valence-electron chi connectivity index (χ2n) is 12.9. The zero-order valence-electron chi connectivity index (χ0n) is 27.3. The van der Waals surface area contributed by atoms with Crippen LogP contribution in [0.1, 0.15) is 0 Å². The van der Waals surface area contributed by atoms with Crippen molar-refractivity contribution in [2.45, 2.75) is 0 Å². The summed E-state index contributed by atoms with van der Waals surface area (Å²) in [6, 6.07) is 68.7. The second kappa shape index (κ2) is 11.7. The van der Waals surface area contributed by atoms with E-state index in [0.717, 1.165) is 11.4 Å². The minimum absolute atomic E-state index is 1.12. The third-order valence-corrected chi connectivity index (χ3v) is 11.2. The highest BCUT2D eigenvalue weighted by Crippen LogP contribution is 2.49. The van der Waals surface area contributed by atoms with Gasteiger partial charge in [-0.05, 0) is 85.4 Å². The van der Waals surface area contributed by atoms with Crippen LogP contribution >= 0.6 is 11.3 Å². The number of fused-ring (bicyclic) bond motifs is 8. The molecule has 0 aliphatic carbocycles. The Hall–Kier alpha value is -6.22. The predicted molar refractivity (Wildman–Crippen MR) is 217 cm³/mol. The molecule has 0 bridgehead atoms. The smallest absolute Gasteiger partial charge is 0.0555 e. The van der Waals surface area contributed by atoms with Gasteiger partial charge in [-0.25, -0.2) is 0 Å². The molecule has 0 amide bonds. The third-order valence-electron chi connectivity index (χ3n) is 10.0. The van der Waals surface area contributed by atoms with Crippen molar-refractivity contribution in [3.63, 3.8) is 0 Å². The van der Waals surface area contributed by atoms with Gasteiger partial charge in [0.2, 0.25) is 0 Å². The van der Waals surface area contributed by atoms with Gasteiger partial charge in [0, 0.05) is 31.4 Å². The molecule has 1 nitrogen and oxygen atoms in total. The van der Waals surface area contributed by atoms with E-state index in [1.165, 1.54) is 80.4 Å². The van der Waals surface area contributed by atoms with E-state index in [0.29, 0.717) is 0 Å². The van der Waals surface area contributed by atoms with Gasteiger partial charge in [-0.15, -0.1) is 11.3 Å². The highest BCUT2D eigenvalue weighted by molar-refractivity contribution is 7.26. The highest BCUT2D eigenvalue weighted by Gasteiger charge is 2.23. The van der Waals surface area contributed by atoms with E-state index >= 15 is 0 Å². The molecule has 2 heteroatoms. The molecule has 0 unspecified atom stereocenters. The van der Waals surface area contributed by atoms with E-state index in [9.17, 15) is 0 Å². The number of thiophene rings is 1. The van der Waals surface area contributed by atoms with Crippen LogP contribution in [-0.2, 0) is 0 Å². The van der Waals surface area contributed by atoms with Gasteiger partial charge in [-0.1, -0.05) is 152 Å². The van der Waals surface area contributed by atoms with Crippen LogP contribution in [0.25, 0.3) is 74.7 Å². The Bertz CT molecular complexity index is 2870. The first-order valence-corrected chi connectivity index (χ1v) is 17.9. The molecule has 10 rings (SSSR count). The molecule has 1 heterocycles. The molecule has 234 valence electrons. The largest absolute Gasteiger partial charge is 0.309 e. The minimum atomic E-state index is 1.12. The number of hydrogen-bond acceptors (Lipinski definition) is 2. The maximum absolute atomic E-state index is 2.48. The molecule has 0 saturated heterocycles. The van der Waals surface area contributed by atoms with Crippen LogP contribution < -0.4 is 4.90 Å². The minimum Gasteiger partial charge on any atom is -0.309 e. The summed E-state index contributed by atoms with van der Waals surface area (Å²) in [6.07, 6.45) is 0. The lowest BCUT2D eigenvalue weighted by Crippen LogP contribution is -2.11. The summed E-state index contributed by atoms with van der Waals surface area (Å²) in [5.41, 5.74) is 8.29. The van der Waals surface area contributed by atoms with Gasteiger partial charge < -0.3 is 4.90 Å². The van der Waals surface area contributed by atoms with Gasteiger partial charge in [-0.3, -0.25) is 0 Å². The SMILES string of the molecule is c1ccc(-c2ccc(N(c3ccccc3-c3cc4ccccc4c4ccccc34)c3cccc4sc5c6ccccc6ccc5c34)cc2)cc1. The lowest BCUT2D eigenvalue weighted by Gasteiger charge is -2.29. The predicted octanol–water partition coefficient (Wildman–Crippen LogP) is 14.3. The molecule has 0 N–H and O–H groups in total. The van der Waals surface area contributed by atoms with Crippen molar-refractivity contribution in [2.24, 2.45) is 0 Å². The number of nitrogens with zero attached hydrogens (tertiary/aromatic N) is 1. The fourth-order valence-corrected chi connectivity index (χ4v) is 9.00. The Morgan fingerprint density at radius 2 is 1.00 bits per heavy atom. The summed E-state index contributed by atoms with van der Waals surface area (Å²) in [7, 11) is 0. The first kappa shape index (κ1) is 28.8. The van der Waals surface area contributed by atoms with E-state index in [4.69, 9.17) is 0 Å². The topological polar surface area (TPSA) is 3.24 Å². The van der Waals surface area contributed by atoms with Crippen LogP contribution in [0.3, 0.4) is 0 Å². The van der Waals surface area contributed by atoms with Gasteiger partial charge in [0.15, 0.2) is 0 Å². The molecule has 0 radical (unpaired) electrons. The maximum atomic E-state index is 2.48. The summed E-state index contributed by atoms with van der Waals surface area (Å²) < 4.78 is 2.62. The zero-order valence-corrected chi connectivity index (χ0v) is 28.1. The van der Waals surface area contributed by atoms with E-state index in [1.807, 2.05) is 11.3 Å². The molecule has 0 aliphatic rings. The van der Waals surface area contributed by atoms with Crippen LogP contribution in [0.15, 0.2) is 188 Å². The average molecular weight is 654 g/mol. The maximum Gasteiger partial charge on any atom is 0.0555 e. The van der Waals surface area contributed by atoms with Gasteiger partial charge >= 0.3 is 0 Å². The van der Waals surface area contributed by atoms with Crippen LogP contribution in [-0.4, -0.2) is 0 Å². The van der Waals surface area contributed by atoms with Crippen molar-refractivity contribution in [1.82, 2.24) is 0 Å². The molecule has 50 heavy (non-hydrogen) atoms. The van der Waals surface area contributed by atoms with Crippen LogP contribution in [0.5, 0.6) is 0 Å². The Kier molecular flexibility index (Phi) is 6.75. The zero-order chi connectivity index (χ0) is 33.0. The molecular weight excluding hydrogens is 623 g/mol. The lowest BCUT2D eigenvalue weighted by atomic mass is 9.92. The van der Waals surface area contributed by atoms with Gasteiger partial charge in [-0.2, -0.15) is 0 Å². The van der Waals surface area contributed by atoms with Crippen LogP contribution in [0, 0.1) is 0 Å². The van der Waals surface area contributed by atoms with Crippen LogP contribution in [0.2, 0.25) is 0 Å². The molecule has 0 saturated carbocycles. The van der Waals surface area contributed by atoms with Crippen molar-refractivity contribution in [3.8, 4) is 22.3 Å². The molecule has 1 aromatic heterocycles. The number of hydrogen-bond donors (Lipinski definition) is 0. The molecule has 0 atom stereocenters. The van der Waals surface area contributed by atoms with Gasteiger partial charge in [0.05, 0.1) is 11.4 Å². The molecule has 9 aromatic carbocycles. The van der Waals surface area contributed by atoms with Gasteiger partial charge in [0.1, 0.15) is 0 Å². The average Bonchev–Trinajstić information content (AvgIpc) is 3.59. The summed E-state index contributed by atoms with van der Waals surface area (Å²) in [6.45, 7) is 0. The fourth-order valence-electron chi connectivity index (χ4n) is 7.74. The van der Waals surface area contributed by atoms with E-state index < -0.39 is 0 Å². The molecule has 0 aliphatic heterocycles. The summed E-state index contributed by atoms with van der Waals surface area (Å²) in [4.78, 5) is 2.48. The van der Waals surface area contributed by atoms with Gasteiger partial charge in [0.25, 0.3) is 0 Å². The first-order chi connectivity index (χ1) is 24.8. The van der Waals surface area contributed by atoms with Crippen molar-refractivity contribution in [2.75, 3.05) is 4.90 Å². The standard InChI is InChI=1S/C48H31NS/c1-2-13-32(14-3-1)33-25-28-36(29-26-33)49(45-23-12-24-46-47(45)42-30-27-34-15-4-7-18-38(34)48(42)50-46)44-22-11-10-21-41(44)43-31-35-16-5-6-17-37(35)39-19-8-9-20-40(39)43/h1-31H. The van der Waals surface area contributed by atoms with Crippen molar-refractivity contribution in [3.05, 3.63) is 188 Å². The van der Waals surface area contributed by atoms with Crippen LogP contribution in [0.4, 0.5) is 17.1 Å². The molecule has 0 fully saturated rings. The normalized spacial score (nSPS) is 11.6. The van der Waals surface area contributed by atoms with E-state index in [1.54, 1.807) is 0 Å². The Morgan fingerprint density at radius 3 is 1.84 bits per heavy atom. The molecule has 0 spiro atoms. The quantitative estimate of drug-likeness (QED) is 0.167. The summed E-state index contributed by atoms with van der Waals surface area (Å²) in [5.74, 6) is 0. The monoisotopic (exact) mass is 653 g/mol. The number of rotatable bonds is 5. The Balaban J connectivity index is 1.27. The number of para-hydroxylation sites is 1. The Morgan fingerprint density at radius 1 is 0.360 bits per heavy atom. The van der Waals surface area contributed by atoms with E-state index in [2.05, 4.69) is 193 Å². The third kappa shape index (κ3) is 4.61. The summed E-state index contributed by atoms with van der Waals surface area (Å²) in [5, 5.41) is 10.2. The Labute approximate surface area is 294 Å². The fraction of sp³-hybridized carbons (Fsp3) is 0. The van der Waals surface area contributed by atoms with E-state index in [-0.39, 0.29) is 0 Å². The number of anilines is 3. The summed E-state index contributed by atoms with van der Waals surface area (Å²) >= 11 is 1.89. The van der Waals surface area contributed by atoms with Crippen molar-refractivity contribution >= 4 is 80.9 Å². The first-order valence-electron chi connectivity index (χ1n) is 17.1. The lowest BCUT2D eigenvalue weighted by molar-refractivity contribution is 1.30. The van der Waals surface area contributed by atoms with Crippen molar-refractivity contribution in [1.29, 1.82) is 0 Å².